The molecule has 9 heteroatoms. The molecule has 140 valence electrons. The first-order valence-electron chi connectivity index (χ1n) is 8.43. The number of pyridine rings is 1. The fraction of sp³-hybridized carbons (Fsp3) is 0.471. The van der Waals surface area contributed by atoms with Gasteiger partial charge in [-0.15, -0.1) is 0 Å². The van der Waals surface area contributed by atoms with Crippen LogP contribution in [0.4, 0.5) is 20.3 Å². The Labute approximate surface area is 149 Å². The molecule has 1 saturated carbocycles. The van der Waals surface area contributed by atoms with Crippen LogP contribution in [0.2, 0.25) is 0 Å². The van der Waals surface area contributed by atoms with Gasteiger partial charge in [0.1, 0.15) is 11.3 Å². The molecule has 2 aromatic heterocycles. The van der Waals surface area contributed by atoms with Crippen molar-refractivity contribution in [3.05, 3.63) is 35.8 Å². The highest BCUT2D eigenvalue weighted by Crippen LogP contribution is 2.34. The lowest BCUT2D eigenvalue weighted by Crippen LogP contribution is -2.28. The van der Waals surface area contributed by atoms with Gasteiger partial charge in [-0.2, -0.15) is 5.10 Å². The van der Waals surface area contributed by atoms with E-state index in [2.05, 4.69) is 15.4 Å². The molecule has 1 fully saturated rings. The van der Waals surface area contributed by atoms with E-state index in [0.29, 0.717) is 18.5 Å². The van der Waals surface area contributed by atoms with Crippen LogP contribution < -0.4 is 11.1 Å². The lowest BCUT2D eigenvalue weighted by atomic mass is 9.84. The van der Waals surface area contributed by atoms with Crippen LogP contribution in [0, 0.1) is 5.92 Å². The quantitative estimate of drug-likeness (QED) is 0.755. The Morgan fingerprint density at radius 3 is 2.77 bits per heavy atom. The van der Waals surface area contributed by atoms with E-state index in [0.717, 1.165) is 6.42 Å². The molecule has 3 atom stereocenters. The van der Waals surface area contributed by atoms with Gasteiger partial charge in [-0.3, -0.25) is 14.5 Å². The summed E-state index contributed by atoms with van der Waals surface area (Å²) < 4.78 is 26.9. The highest BCUT2D eigenvalue weighted by atomic mass is 19.3. The lowest BCUT2D eigenvalue weighted by Gasteiger charge is -2.31. The van der Waals surface area contributed by atoms with Crippen LogP contribution in [0.5, 0.6) is 0 Å². The van der Waals surface area contributed by atoms with E-state index in [9.17, 15) is 18.7 Å². The first kappa shape index (κ1) is 18.2. The Morgan fingerprint density at radius 2 is 2.19 bits per heavy atom. The molecule has 3 unspecified atom stereocenters. The Bertz CT molecular complexity index is 778. The number of aliphatic hydroxyl groups excluding tert-OH is 1. The smallest absolute Gasteiger partial charge is 0.280 e. The average molecular weight is 365 g/mol. The van der Waals surface area contributed by atoms with Crippen LogP contribution >= 0.6 is 0 Å². The topological polar surface area (TPSA) is 106 Å². The Kier molecular flexibility index (Phi) is 5.17. The van der Waals surface area contributed by atoms with Crippen LogP contribution in [-0.2, 0) is 0 Å². The van der Waals surface area contributed by atoms with Gasteiger partial charge in [0.2, 0.25) is 0 Å². The van der Waals surface area contributed by atoms with E-state index in [1.54, 1.807) is 10.9 Å². The summed E-state index contributed by atoms with van der Waals surface area (Å²) in [6.07, 6.45) is 1.96. The number of alkyl halides is 2. The second-order valence-corrected chi connectivity index (χ2v) is 6.64. The summed E-state index contributed by atoms with van der Waals surface area (Å²) in [5.74, 6) is -0.193. The number of hydrogen-bond acceptors (Lipinski definition) is 5. The molecule has 4 N–H and O–H groups in total. The van der Waals surface area contributed by atoms with Gasteiger partial charge >= 0.3 is 0 Å². The van der Waals surface area contributed by atoms with Gasteiger partial charge in [0, 0.05) is 6.20 Å². The van der Waals surface area contributed by atoms with E-state index in [1.807, 2.05) is 6.92 Å². The van der Waals surface area contributed by atoms with Gasteiger partial charge in [0.05, 0.1) is 24.0 Å². The number of aromatic nitrogens is 3. The van der Waals surface area contributed by atoms with Gasteiger partial charge in [-0.1, -0.05) is 6.92 Å². The van der Waals surface area contributed by atoms with Crippen LogP contribution in [0.1, 0.15) is 54.7 Å². The minimum atomic E-state index is -2.65. The molecule has 2 heterocycles. The number of anilines is 2. The van der Waals surface area contributed by atoms with Crippen molar-refractivity contribution < 1.29 is 18.7 Å². The highest BCUT2D eigenvalue weighted by molar-refractivity contribution is 5.98. The zero-order valence-electron chi connectivity index (χ0n) is 14.3. The average Bonchev–Trinajstić information content (AvgIpc) is 2.99. The summed E-state index contributed by atoms with van der Waals surface area (Å²) in [4.78, 5) is 15.4. The number of carbonyl (C=O) groups excluding carboxylic acids is 1. The maximum absolute atomic E-state index is 12.6. The van der Waals surface area contributed by atoms with E-state index in [1.165, 1.54) is 18.3 Å². The van der Waals surface area contributed by atoms with Crippen molar-refractivity contribution in [2.75, 3.05) is 5.32 Å². The van der Waals surface area contributed by atoms with Crippen LogP contribution in [0.3, 0.4) is 0 Å². The third kappa shape index (κ3) is 3.82. The lowest BCUT2D eigenvalue weighted by molar-refractivity contribution is 0.0748. The number of nitrogens with two attached hydrogens (primary N) is 1. The van der Waals surface area contributed by atoms with Gasteiger partial charge in [-0.25, -0.2) is 8.78 Å². The molecule has 0 aromatic carbocycles. The van der Waals surface area contributed by atoms with Crippen LogP contribution in [0.15, 0.2) is 24.5 Å². The van der Waals surface area contributed by atoms with E-state index in [-0.39, 0.29) is 35.1 Å². The third-order valence-corrected chi connectivity index (χ3v) is 4.71. The first-order chi connectivity index (χ1) is 12.3. The Balaban J connectivity index is 1.84. The summed E-state index contributed by atoms with van der Waals surface area (Å²) in [5, 5.41) is 17.1. The molecule has 1 aliphatic rings. The number of halogens is 2. The number of amides is 1. The normalized spacial score (nSPS) is 23.2. The molecule has 1 amide bonds. The van der Waals surface area contributed by atoms with E-state index in [4.69, 9.17) is 5.73 Å². The van der Waals surface area contributed by atoms with E-state index < -0.39 is 12.3 Å². The number of nitrogens with zero attached hydrogens (tertiary/aromatic N) is 3. The van der Waals surface area contributed by atoms with Crippen molar-refractivity contribution >= 4 is 17.4 Å². The maximum Gasteiger partial charge on any atom is 0.280 e. The molecule has 26 heavy (non-hydrogen) atoms. The van der Waals surface area contributed by atoms with Crippen molar-refractivity contribution in [2.45, 2.75) is 44.8 Å². The number of hydrogen-bond donors (Lipinski definition) is 3. The Hall–Kier alpha value is -2.55. The minimum absolute atomic E-state index is 0.0476. The number of primary amides is 1. The summed E-state index contributed by atoms with van der Waals surface area (Å²) >= 11 is 0. The number of rotatable bonds is 5. The summed E-state index contributed by atoms with van der Waals surface area (Å²) in [6, 6.07) is 2.70. The Morgan fingerprint density at radius 1 is 1.42 bits per heavy atom. The zero-order valence-corrected chi connectivity index (χ0v) is 14.3. The van der Waals surface area contributed by atoms with Crippen molar-refractivity contribution in [1.82, 2.24) is 14.8 Å². The number of nitrogens with one attached hydrogen (secondary N) is 1. The molecular weight excluding hydrogens is 344 g/mol. The number of aliphatic hydroxyl groups is 1. The summed E-state index contributed by atoms with van der Waals surface area (Å²) in [5.41, 5.74) is 5.75. The van der Waals surface area contributed by atoms with Gasteiger partial charge in [-0.05, 0) is 37.3 Å². The van der Waals surface area contributed by atoms with Crippen LogP contribution in [0.25, 0.3) is 0 Å². The molecule has 0 bridgehead atoms. The number of carbonyl (C=O) groups is 1. The second kappa shape index (κ2) is 7.36. The molecule has 0 radical (unpaired) electrons. The maximum atomic E-state index is 12.6. The molecule has 0 spiro atoms. The van der Waals surface area contributed by atoms with Gasteiger partial charge < -0.3 is 16.2 Å². The highest BCUT2D eigenvalue weighted by Gasteiger charge is 2.29. The van der Waals surface area contributed by atoms with Gasteiger partial charge in [0.25, 0.3) is 12.3 Å². The molecule has 0 saturated heterocycles. The predicted octanol–water partition coefficient (Wildman–Crippen LogP) is 2.78. The molecular formula is C17H21F2N5O2. The molecule has 3 rings (SSSR count). The standard InChI is InChI=1S/C17H21F2N5O2/c1-9-6-11(25)3-5-14(9)24-8-12(16(20)26)17(23-24)22-10-2-4-13(15(18)19)21-7-10/h2,4,7-9,11,14-15,25H,3,5-6H2,1H3,(H2,20,26)(H,22,23). The SMILES string of the molecule is CC1CC(O)CCC1n1cc(C(N)=O)c(Nc2ccc(C(F)F)nc2)n1. The third-order valence-electron chi connectivity index (χ3n) is 4.71. The van der Waals surface area contributed by atoms with Gasteiger partial charge in [0.15, 0.2) is 5.82 Å². The fourth-order valence-electron chi connectivity index (χ4n) is 3.32. The fourth-order valence-corrected chi connectivity index (χ4v) is 3.32. The summed E-state index contributed by atoms with van der Waals surface area (Å²) in [6.45, 7) is 2.03. The van der Waals surface area contributed by atoms with Crippen LogP contribution in [-0.4, -0.2) is 31.9 Å². The molecule has 2 aromatic rings. The van der Waals surface area contributed by atoms with E-state index >= 15 is 0 Å². The monoisotopic (exact) mass is 365 g/mol. The molecule has 0 aliphatic heterocycles. The molecule has 1 aliphatic carbocycles. The zero-order chi connectivity index (χ0) is 18.8. The second-order valence-electron chi connectivity index (χ2n) is 6.64. The van der Waals surface area contributed by atoms with Crippen molar-refractivity contribution in [3.8, 4) is 0 Å². The molecule has 7 nitrogen and oxygen atoms in total. The minimum Gasteiger partial charge on any atom is -0.393 e. The van der Waals surface area contributed by atoms with Crippen molar-refractivity contribution in [1.29, 1.82) is 0 Å². The predicted molar refractivity (Wildman–Crippen MR) is 91.3 cm³/mol. The van der Waals surface area contributed by atoms with Crippen molar-refractivity contribution in [2.24, 2.45) is 11.7 Å². The van der Waals surface area contributed by atoms with Crippen molar-refractivity contribution in [3.63, 3.8) is 0 Å². The largest absolute Gasteiger partial charge is 0.393 e. The summed E-state index contributed by atoms with van der Waals surface area (Å²) in [7, 11) is 0. The first-order valence-corrected chi connectivity index (χ1v) is 8.43.